The van der Waals surface area contributed by atoms with E-state index in [9.17, 15) is 13.2 Å². The van der Waals surface area contributed by atoms with Crippen LogP contribution in [0.4, 0.5) is 5.69 Å². The van der Waals surface area contributed by atoms with E-state index in [2.05, 4.69) is 21.9 Å². The Morgan fingerprint density at radius 3 is 2.41 bits per heavy atom. The summed E-state index contributed by atoms with van der Waals surface area (Å²) in [6.45, 7) is 3.17. The molecule has 0 radical (unpaired) electrons. The monoisotopic (exact) mass is 622 g/mol. The maximum Gasteiger partial charge on any atom is 0.273 e. The third-order valence-electron chi connectivity index (χ3n) is 8.28. The molecule has 1 saturated heterocycles. The Morgan fingerprint density at radius 2 is 1.70 bits per heavy atom. The number of nitrogens with one attached hydrogen (secondary N) is 1. The fourth-order valence-corrected chi connectivity index (χ4v) is 8.09. The van der Waals surface area contributed by atoms with Crippen molar-refractivity contribution in [3.63, 3.8) is 0 Å². The van der Waals surface area contributed by atoms with Gasteiger partial charge in [0, 0.05) is 84.8 Å². The molecular formula is C33H30N6O3S2. The van der Waals surface area contributed by atoms with E-state index in [-0.39, 0.29) is 10.1 Å². The molecule has 1 aliphatic heterocycles. The summed E-state index contributed by atoms with van der Waals surface area (Å²) in [4.78, 5) is 29.8. The summed E-state index contributed by atoms with van der Waals surface area (Å²) in [5, 5.41) is 3.49. The molecule has 5 heterocycles. The summed E-state index contributed by atoms with van der Waals surface area (Å²) in [7, 11) is -0.0609. The standard InChI is InChI=1S/C33H30N6O3S2/c1-37-15-17-39(18-16-37)33(40)24-7-5-22(6-8-24)27-21-35-32-31(30(27)23-11-13-34-14-12-23)26-20-25(9-10-28(26)36-32)38(2)44(41,42)29-4-3-19-43-29/h3-14,19-21H,15-18H2,1-2H3,(H,35,36). The van der Waals surface area contributed by atoms with E-state index < -0.39 is 10.0 Å². The van der Waals surface area contributed by atoms with Crippen LogP contribution in [0, 0.1) is 0 Å². The maximum atomic E-state index is 13.3. The summed E-state index contributed by atoms with van der Waals surface area (Å²) in [6, 6.07) is 20.6. The molecule has 44 heavy (non-hydrogen) atoms. The van der Waals surface area contributed by atoms with Gasteiger partial charge in [0.2, 0.25) is 0 Å². The van der Waals surface area contributed by atoms with Crippen LogP contribution in [0.5, 0.6) is 0 Å². The second-order valence-electron chi connectivity index (χ2n) is 10.9. The van der Waals surface area contributed by atoms with Crippen molar-refractivity contribution in [2.75, 3.05) is 44.6 Å². The van der Waals surface area contributed by atoms with Gasteiger partial charge in [0.1, 0.15) is 9.86 Å². The number of carbonyl (C=O) groups excluding carboxylic acids is 1. The highest BCUT2D eigenvalue weighted by molar-refractivity contribution is 7.94. The summed E-state index contributed by atoms with van der Waals surface area (Å²) in [6.07, 6.45) is 5.36. The number of rotatable bonds is 6. The number of thiophene rings is 1. The molecule has 0 bridgehead atoms. The van der Waals surface area contributed by atoms with Gasteiger partial charge in [-0.3, -0.25) is 14.1 Å². The van der Waals surface area contributed by atoms with Crippen molar-refractivity contribution in [1.29, 1.82) is 0 Å². The van der Waals surface area contributed by atoms with Crippen molar-refractivity contribution in [2.24, 2.45) is 0 Å². The first-order valence-corrected chi connectivity index (χ1v) is 16.6. The van der Waals surface area contributed by atoms with Crippen LogP contribution in [0.15, 0.2) is 94.9 Å². The van der Waals surface area contributed by atoms with Crippen LogP contribution in [0.2, 0.25) is 0 Å². The normalized spacial score (nSPS) is 14.4. The zero-order chi connectivity index (χ0) is 30.4. The van der Waals surface area contributed by atoms with Crippen LogP contribution in [0.3, 0.4) is 0 Å². The molecule has 0 spiro atoms. The molecule has 7 rings (SSSR count). The van der Waals surface area contributed by atoms with Crippen LogP contribution in [-0.2, 0) is 10.0 Å². The minimum atomic E-state index is -3.70. The predicted molar refractivity (Wildman–Crippen MR) is 176 cm³/mol. The Hall–Kier alpha value is -4.58. The lowest BCUT2D eigenvalue weighted by Crippen LogP contribution is -2.47. The van der Waals surface area contributed by atoms with Gasteiger partial charge < -0.3 is 14.8 Å². The Morgan fingerprint density at radius 1 is 0.955 bits per heavy atom. The van der Waals surface area contributed by atoms with Crippen LogP contribution in [0.25, 0.3) is 44.2 Å². The molecule has 4 aromatic heterocycles. The predicted octanol–water partition coefficient (Wildman–Crippen LogP) is 5.72. The number of carbonyl (C=O) groups is 1. The Bertz CT molecular complexity index is 2090. The Balaban J connectivity index is 1.35. The van der Waals surface area contributed by atoms with Crippen molar-refractivity contribution < 1.29 is 13.2 Å². The smallest absolute Gasteiger partial charge is 0.273 e. The number of benzene rings is 2. The summed E-state index contributed by atoms with van der Waals surface area (Å²) < 4.78 is 28.3. The number of likely N-dealkylation sites (N-methyl/N-ethyl adjacent to an activating group) is 1. The number of pyridine rings is 2. The molecule has 9 nitrogen and oxygen atoms in total. The molecule has 2 aromatic carbocycles. The lowest BCUT2D eigenvalue weighted by molar-refractivity contribution is 0.0664. The van der Waals surface area contributed by atoms with E-state index in [0.29, 0.717) is 16.9 Å². The van der Waals surface area contributed by atoms with Gasteiger partial charge in [-0.2, -0.15) is 0 Å². The van der Waals surface area contributed by atoms with E-state index >= 15 is 0 Å². The number of fused-ring (bicyclic) bond motifs is 3. The number of sulfonamides is 1. The molecule has 1 aliphatic rings. The molecule has 1 fully saturated rings. The first-order chi connectivity index (χ1) is 21.3. The highest BCUT2D eigenvalue weighted by Crippen LogP contribution is 2.41. The second kappa shape index (κ2) is 11.2. The fourth-order valence-electron chi connectivity index (χ4n) is 5.75. The van der Waals surface area contributed by atoms with Crippen LogP contribution >= 0.6 is 11.3 Å². The second-order valence-corrected chi connectivity index (χ2v) is 14.1. The fraction of sp³-hybridized carbons (Fsp3) is 0.182. The lowest BCUT2D eigenvalue weighted by Gasteiger charge is -2.32. The first-order valence-electron chi connectivity index (χ1n) is 14.3. The molecule has 0 aliphatic carbocycles. The van der Waals surface area contributed by atoms with E-state index in [4.69, 9.17) is 4.98 Å². The van der Waals surface area contributed by atoms with Crippen molar-refractivity contribution in [1.82, 2.24) is 24.8 Å². The van der Waals surface area contributed by atoms with Gasteiger partial charge in [-0.1, -0.05) is 18.2 Å². The molecule has 1 amide bonds. The topological polar surface area (TPSA) is 102 Å². The van der Waals surface area contributed by atoms with Gasteiger partial charge >= 0.3 is 0 Å². The average Bonchev–Trinajstić information content (AvgIpc) is 3.73. The van der Waals surface area contributed by atoms with Crippen molar-refractivity contribution >= 4 is 54.9 Å². The quantitative estimate of drug-likeness (QED) is 0.255. The number of amides is 1. The number of aromatic nitrogens is 3. The number of anilines is 1. The zero-order valence-corrected chi connectivity index (χ0v) is 25.9. The number of hydrogen-bond acceptors (Lipinski definition) is 7. The van der Waals surface area contributed by atoms with Crippen molar-refractivity contribution in [3.8, 4) is 22.3 Å². The number of H-pyrrole nitrogens is 1. The van der Waals surface area contributed by atoms with Crippen molar-refractivity contribution in [3.05, 3.63) is 96.3 Å². The van der Waals surface area contributed by atoms with E-state index in [1.807, 2.05) is 59.6 Å². The summed E-state index contributed by atoms with van der Waals surface area (Å²) in [5.41, 5.74) is 6.46. The van der Waals surface area contributed by atoms with Gasteiger partial charge in [-0.15, -0.1) is 11.3 Å². The average molecular weight is 623 g/mol. The molecule has 6 aromatic rings. The third kappa shape index (κ3) is 4.92. The molecule has 0 saturated carbocycles. The van der Waals surface area contributed by atoms with E-state index in [1.54, 1.807) is 43.0 Å². The lowest BCUT2D eigenvalue weighted by atomic mass is 9.92. The number of aromatic amines is 1. The third-order valence-corrected chi connectivity index (χ3v) is 11.4. The maximum absolute atomic E-state index is 13.3. The van der Waals surface area contributed by atoms with Gasteiger partial charge in [0.05, 0.1) is 5.69 Å². The van der Waals surface area contributed by atoms with E-state index in [1.165, 1.54) is 15.6 Å². The minimum Gasteiger partial charge on any atom is -0.339 e. The molecule has 0 unspecified atom stereocenters. The molecular weight excluding hydrogens is 593 g/mol. The Kier molecular flexibility index (Phi) is 7.16. The molecule has 11 heteroatoms. The summed E-state index contributed by atoms with van der Waals surface area (Å²) >= 11 is 1.19. The van der Waals surface area contributed by atoms with Gasteiger partial charge in [-0.25, -0.2) is 13.4 Å². The number of hydrogen-bond donors (Lipinski definition) is 1. The van der Waals surface area contributed by atoms with Gasteiger partial charge in [0.15, 0.2) is 0 Å². The van der Waals surface area contributed by atoms with Crippen LogP contribution < -0.4 is 4.31 Å². The number of nitrogens with zero attached hydrogens (tertiary/aromatic N) is 5. The zero-order valence-electron chi connectivity index (χ0n) is 24.3. The number of piperazine rings is 1. The van der Waals surface area contributed by atoms with Crippen LogP contribution in [0.1, 0.15) is 10.4 Å². The molecule has 0 atom stereocenters. The minimum absolute atomic E-state index is 0.0402. The SMILES string of the molecule is CN1CCN(C(=O)c2ccc(-c3cnc4[nH]c5ccc(N(C)S(=O)(=O)c6cccs6)cc5c4c3-c3ccncc3)cc2)CC1. The van der Waals surface area contributed by atoms with Crippen LogP contribution in [-0.4, -0.2) is 79.4 Å². The molecule has 1 N–H and O–H groups in total. The van der Waals surface area contributed by atoms with Crippen molar-refractivity contribution in [2.45, 2.75) is 4.21 Å². The largest absolute Gasteiger partial charge is 0.339 e. The highest BCUT2D eigenvalue weighted by Gasteiger charge is 2.25. The Labute approximate surface area is 259 Å². The highest BCUT2D eigenvalue weighted by atomic mass is 32.2. The van der Waals surface area contributed by atoms with Gasteiger partial charge in [-0.05, 0) is 72.1 Å². The summed E-state index contributed by atoms with van der Waals surface area (Å²) in [5.74, 6) is 0.0402. The molecule has 222 valence electrons. The first kappa shape index (κ1) is 28.2. The van der Waals surface area contributed by atoms with Gasteiger partial charge in [0.25, 0.3) is 15.9 Å². The van der Waals surface area contributed by atoms with E-state index in [0.717, 1.165) is 64.7 Å².